The van der Waals surface area contributed by atoms with Crippen molar-refractivity contribution in [3.8, 4) is 0 Å². The highest BCUT2D eigenvalue weighted by Crippen LogP contribution is 2.09. The van der Waals surface area contributed by atoms with E-state index >= 15 is 0 Å². The molecule has 1 aromatic rings. The quantitative estimate of drug-likeness (QED) is 0.693. The van der Waals surface area contributed by atoms with Gasteiger partial charge in [0.2, 0.25) is 5.91 Å². The Morgan fingerprint density at radius 2 is 2.50 bits per heavy atom. The number of aryl methyl sites for hydroxylation is 1. The standard InChI is InChI=1S/C9H16N4O/c1-7(11-4-3-9(10)14)8-5-12-13(2)6-8/h5-7,11H,3-4H2,1-2H3,(H2,10,14). The molecule has 0 aliphatic rings. The van der Waals surface area contributed by atoms with E-state index in [1.54, 1.807) is 4.68 Å². The number of primary amides is 1. The average Bonchev–Trinajstić information content (AvgIpc) is 2.51. The van der Waals surface area contributed by atoms with Gasteiger partial charge in [-0.2, -0.15) is 5.10 Å². The molecular formula is C9H16N4O. The van der Waals surface area contributed by atoms with Crippen molar-refractivity contribution in [1.82, 2.24) is 15.1 Å². The second-order valence-electron chi connectivity index (χ2n) is 3.34. The molecule has 0 radical (unpaired) electrons. The zero-order valence-electron chi connectivity index (χ0n) is 8.53. The van der Waals surface area contributed by atoms with Crippen molar-refractivity contribution in [2.24, 2.45) is 12.8 Å². The van der Waals surface area contributed by atoms with Gasteiger partial charge in [0.1, 0.15) is 0 Å². The number of aromatic nitrogens is 2. The fourth-order valence-corrected chi connectivity index (χ4v) is 1.19. The van der Waals surface area contributed by atoms with Crippen LogP contribution in [0.3, 0.4) is 0 Å². The van der Waals surface area contributed by atoms with Crippen LogP contribution in [0, 0.1) is 0 Å². The highest BCUT2D eigenvalue weighted by molar-refractivity contribution is 5.73. The summed E-state index contributed by atoms with van der Waals surface area (Å²) in [6.45, 7) is 2.63. The first-order chi connectivity index (χ1) is 6.59. The summed E-state index contributed by atoms with van der Waals surface area (Å²) in [5, 5.41) is 7.26. The number of hydrogen-bond acceptors (Lipinski definition) is 3. The smallest absolute Gasteiger partial charge is 0.218 e. The Balaban J connectivity index is 2.35. The van der Waals surface area contributed by atoms with Crippen molar-refractivity contribution in [3.63, 3.8) is 0 Å². The van der Waals surface area contributed by atoms with Gasteiger partial charge in [0.25, 0.3) is 0 Å². The van der Waals surface area contributed by atoms with Crippen molar-refractivity contribution in [1.29, 1.82) is 0 Å². The molecule has 3 N–H and O–H groups in total. The summed E-state index contributed by atoms with van der Waals surface area (Å²) in [4.78, 5) is 10.5. The molecular weight excluding hydrogens is 180 g/mol. The van der Waals surface area contributed by atoms with E-state index in [0.29, 0.717) is 13.0 Å². The molecule has 0 saturated heterocycles. The summed E-state index contributed by atoms with van der Waals surface area (Å²) >= 11 is 0. The third-order valence-electron chi connectivity index (χ3n) is 2.05. The van der Waals surface area contributed by atoms with E-state index < -0.39 is 0 Å². The zero-order valence-corrected chi connectivity index (χ0v) is 8.53. The molecule has 0 aliphatic heterocycles. The van der Waals surface area contributed by atoms with Gasteiger partial charge in [-0.25, -0.2) is 0 Å². The normalized spacial score (nSPS) is 12.7. The molecule has 1 aromatic heterocycles. The number of carbonyl (C=O) groups excluding carboxylic acids is 1. The van der Waals surface area contributed by atoms with Gasteiger partial charge in [0.15, 0.2) is 0 Å². The summed E-state index contributed by atoms with van der Waals surface area (Å²) in [6.07, 6.45) is 4.12. The molecule has 1 unspecified atom stereocenters. The highest BCUT2D eigenvalue weighted by Gasteiger charge is 2.06. The van der Waals surface area contributed by atoms with E-state index in [1.165, 1.54) is 0 Å². The van der Waals surface area contributed by atoms with Crippen LogP contribution in [0.1, 0.15) is 24.9 Å². The maximum Gasteiger partial charge on any atom is 0.218 e. The second kappa shape index (κ2) is 4.76. The predicted octanol–water partition coefficient (Wildman–Crippen LogP) is -0.0539. The SMILES string of the molecule is CC(NCCC(N)=O)c1cnn(C)c1. The molecule has 0 spiro atoms. The largest absolute Gasteiger partial charge is 0.370 e. The van der Waals surface area contributed by atoms with Gasteiger partial charge in [-0.15, -0.1) is 0 Å². The van der Waals surface area contributed by atoms with Crippen LogP contribution in [0.2, 0.25) is 0 Å². The lowest BCUT2D eigenvalue weighted by Gasteiger charge is -2.10. The minimum absolute atomic E-state index is 0.197. The van der Waals surface area contributed by atoms with Gasteiger partial charge in [-0.05, 0) is 6.92 Å². The highest BCUT2D eigenvalue weighted by atomic mass is 16.1. The number of hydrogen-bond donors (Lipinski definition) is 2. The van der Waals surface area contributed by atoms with Crippen LogP contribution in [0.5, 0.6) is 0 Å². The fourth-order valence-electron chi connectivity index (χ4n) is 1.19. The Hall–Kier alpha value is -1.36. The van der Waals surface area contributed by atoms with E-state index in [2.05, 4.69) is 10.4 Å². The summed E-state index contributed by atoms with van der Waals surface area (Å²) in [7, 11) is 1.87. The van der Waals surface area contributed by atoms with Crippen molar-refractivity contribution >= 4 is 5.91 Å². The third kappa shape index (κ3) is 3.18. The maximum absolute atomic E-state index is 10.5. The minimum Gasteiger partial charge on any atom is -0.370 e. The van der Waals surface area contributed by atoms with E-state index in [9.17, 15) is 4.79 Å². The topological polar surface area (TPSA) is 72.9 Å². The number of amides is 1. The van der Waals surface area contributed by atoms with Gasteiger partial charge < -0.3 is 11.1 Å². The van der Waals surface area contributed by atoms with Crippen molar-refractivity contribution in [3.05, 3.63) is 18.0 Å². The monoisotopic (exact) mass is 196 g/mol. The molecule has 1 amide bonds. The Morgan fingerprint density at radius 3 is 3.00 bits per heavy atom. The maximum atomic E-state index is 10.5. The lowest BCUT2D eigenvalue weighted by molar-refractivity contribution is -0.117. The van der Waals surface area contributed by atoms with Gasteiger partial charge in [0, 0.05) is 37.8 Å². The Bertz CT molecular complexity index is 308. The van der Waals surface area contributed by atoms with Crippen LogP contribution >= 0.6 is 0 Å². The summed E-state index contributed by atoms with van der Waals surface area (Å²) < 4.78 is 1.75. The number of nitrogens with zero attached hydrogens (tertiary/aromatic N) is 2. The molecule has 1 rings (SSSR count). The molecule has 14 heavy (non-hydrogen) atoms. The van der Waals surface area contributed by atoms with Crippen LogP contribution in [0.15, 0.2) is 12.4 Å². The number of nitrogens with one attached hydrogen (secondary N) is 1. The summed E-state index contributed by atoms with van der Waals surface area (Å²) in [5.41, 5.74) is 6.13. The van der Waals surface area contributed by atoms with E-state index in [-0.39, 0.29) is 11.9 Å². The van der Waals surface area contributed by atoms with Crippen molar-refractivity contribution in [2.45, 2.75) is 19.4 Å². The van der Waals surface area contributed by atoms with Crippen LogP contribution in [0.4, 0.5) is 0 Å². The van der Waals surface area contributed by atoms with Gasteiger partial charge in [-0.3, -0.25) is 9.48 Å². The van der Waals surface area contributed by atoms with Crippen molar-refractivity contribution < 1.29 is 4.79 Å². The predicted molar refractivity (Wildman–Crippen MR) is 53.4 cm³/mol. The number of rotatable bonds is 5. The number of carbonyl (C=O) groups is 1. The first kappa shape index (κ1) is 10.7. The first-order valence-corrected chi connectivity index (χ1v) is 4.60. The molecule has 0 aliphatic carbocycles. The first-order valence-electron chi connectivity index (χ1n) is 4.60. The lowest BCUT2D eigenvalue weighted by atomic mass is 10.2. The Kier molecular flexibility index (Phi) is 3.64. The van der Waals surface area contributed by atoms with E-state index in [4.69, 9.17) is 5.73 Å². The molecule has 0 fully saturated rings. The molecule has 0 aromatic carbocycles. The third-order valence-corrected chi connectivity index (χ3v) is 2.05. The Labute approximate surface area is 83.3 Å². The molecule has 1 heterocycles. The zero-order chi connectivity index (χ0) is 10.6. The molecule has 5 nitrogen and oxygen atoms in total. The Morgan fingerprint density at radius 1 is 1.79 bits per heavy atom. The van der Waals surface area contributed by atoms with Crippen LogP contribution in [-0.2, 0) is 11.8 Å². The molecule has 0 saturated carbocycles. The molecule has 0 bridgehead atoms. The number of nitrogens with two attached hydrogens (primary N) is 1. The summed E-state index contributed by atoms with van der Waals surface area (Å²) in [5.74, 6) is -0.282. The molecule has 5 heteroatoms. The molecule has 78 valence electrons. The van der Waals surface area contributed by atoms with Crippen LogP contribution in [0.25, 0.3) is 0 Å². The minimum atomic E-state index is -0.282. The fraction of sp³-hybridized carbons (Fsp3) is 0.556. The van der Waals surface area contributed by atoms with Gasteiger partial charge >= 0.3 is 0 Å². The van der Waals surface area contributed by atoms with Crippen LogP contribution < -0.4 is 11.1 Å². The second-order valence-corrected chi connectivity index (χ2v) is 3.34. The molecule has 1 atom stereocenters. The van der Waals surface area contributed by atoms with Crippen LogP contribution in [-0.4, -0.2) is 22.2 Å². The van der Waals surface area contributed by atoms with Gasteiger partial charge in [-0.1, -0.05) is 0 Å². The summed E-state index contributed by atoms with van der Waals surface area (Å²) in [6, 6.07) is 0.197. The van der Waals surface area contributed by atoms with Gasteiger partial charge in [0.05, 0.1) is 6.20 Å². The lowest BCUT2D eigenvalue weighted by Crippen LogP contribution is -2.24. The average molecular weight is 196 g/mol. The van der Waals surface area contributed by atoms with E-state index in [1.807, 2.05) is 26.4 Å². The van der Waals surface area contributed by atoms with Crippen molar-refractivity contribution in [2.75, 3.05) is 6.54 Å². The van der Waals surface area contributed by atoms with E-state index in [0.717, 1.165) is 5.56 Å².